The molecule has 5 N–H and O–H groups in total. The van der Waals surface area contributed by atoms with Gasteiger partial charge in [-0.1, -0.05) is 0 Å². The minimum Gasteiger partial charge on any atom is -0.383 e. The summed E-state index contributed by atoms with van der Waals surface area (Å²) >= 11 is 0. The van der Waals surface area contributed by atoms with Gasteiger partial charge in [0, 0.05) is 24.8 Å². The van der Waals surface area contributed by atoms with Gasteiger partial charge in [-0.15, -0.1) is 0 Å². The molecule has 18 heavy (non-hydrogen) atoms. The topological polar surface area (TPSA) is 122 Å². The number of nitrogen functional groups attached to an aromatic ring is 1. The van der Waals surface area contributed by atoms with Crippen molar-refractivity contribution in [3.05, 3.63) is 38.3 Å². The van der Waals surface area contributed by atoms with Crippen LogP contribution in [0.5, 0.6) is 0 Å². The van der Waals surface area contributed by atoms with E-state index in [0.29, 0.717) is 6.54 Å². The molecule has 0 aliphatic heterocycles. The van der Waals surface area contributed by atoms with Gasteiger partial charge >= 0.3 is 5.69 Å². The number of rotatable bonds is 3. The van der Waals surface area contributed by atoms with Crippen molar-refractivity contribution < 1.29 is 0 Å². The van der Waals surface area contributed by atoms with Gasteiger partial charge in [-0.05, 0) is 6.92 Å². The van der Waals surface area contributed by atoms with Crippen LogP contribution in [0, 0.1) is 6.92 Å². The maximum absolute atomic E-state index is 11.6. The molecule has 0 atom stereocenters. The fourth-order valence-electron chi connectivity index (χ4n) is 1.55. The van der Waals surface area contributed by atoms with Gasteiger partial charge in [0.2, 0.25) is 0 Å². The summed E-state index contributed by atoms with van der Waals surface area (Å²) in [5, 5.41) is 9.57. The highest BCUT2D eigenvalue weighted by molar-refractivity contribution is 5.60. The quantitative estimate of drug-likeness (QED) is 0.574. The molecule has 2 aromatic heterocycles. The van der Waals surface area contributed by atoms with E-state index in [2.05, 4.69) is 20.5 Å². The first-order valence-corrected chi connectivity index (χ1v) is 5.32. The van der Waals surface area contributed by atoms with E-state index in [1.54, 1.807) is 6.20 Å². The predicted molar refractivity (Wildman–Crippen MR) is 67.4 cm³/mol. The molecule has 0 amide bonds. The normalized spacial score (nSPS) is 10.6. The maximum Gasteiger partial charge on any atom is 0.329 e. The number of nitrogens with zero attached hydrogens (tertiary/aromatic N) is 2. The Kier molecular flexibility index (Phi) is 2.92. The molecule has 0 aliphatic carbocycles. The van der Waals surface area contributed by atoms with E-state index in [4.69, 9.17) is 5.73 Å². The first-order chi connectivity index (χ1) is 8.50. The smallest absolute Gasteiger partial charge is 0.329 e. The average molecular weight is 250 g/mol. The first-order valence-electron chi connectivity index (χ1n) is 5.32. The Morgan fingerprint density at radius 3 is 2.83 bits per heavy atom. The van der Waals surface area contributed by atoms with Crippen molar-refractivity contribution in [3.63, 3.8) is 0 Å². The van der Waals surface area contributed by atoms with Crippen LogP contribution in [0.3, 0.4) is 0 Å². The molecule has 2 rings (SSSR count). The van der Waals surface area contributed by atoms with Crippen LogP contribution in [0.2, 0.25) is 0 Å². The zero-order chi connectivity index (χ0) is 13.3. The highest BCUT2D eigenvalue weighted by Gasteiger charge is 2.10. The van der Waals surface area contributed by atoms with E-state index in [1.165, 1.54) is 11.6 Å². The summed E-state index contributed by atoms with van der Waals surface area (Å²) < 4.78 is 1.17. The van der Waals surface area contributed by atoms with Gasteiger partial charge in [0.15, 0.2) is 0 Å². The van der Waals surface area contributed by atoms with Crippen LogP contribution in [0.25, 0.3) is 0 Å². The van der Waals surface area contributed by atoms with E-state index in [9.17, 15) is 9.59 Å². The third kappa shape index (κ3) is 1.99. The molecular formula is C10H14N6O2. The molecule has 0 spiro atoms. The van der Waals surface area contributed by atoms with Gasteiger partial charge in [0.05, 0.1) is 6.20 Å². The molecule has 0 saturated heterocycles. The minimum atomic E-state index is -0.539. The lowest BCUT2D eigenvalue weighted by Crippen LogP contribution is -2.32. The number of aryl methyl sites for hydroxylation is 1. The Balaban J connectivity index is 2.31. The third-order valence-electron chi connectivity index (χ3n) is 2.76. The number of nitrogens with two attached hydrogens (primary N) is 1. The lowest BCUT2D eigenvalue weighted by Gasteiger charge is -2.10. The number of aromatic nitrogens is 4. The number of aromatic amines is 2. The lowest BCUT2D eigenvalue weighted by molar-refractivity contribution is 0.812. The number of hydrogen-bond acceptors (Lipinski definition) is 5. The SMILES string of the molecule is Cc1[nH]ncc1CNc1c(N)n(C)c(=O)[nH]c1=O. The highest BCUT2D eigenvalue weighted by atomic mass is 16.2. The molecule has 0 aliphatic rings. The molecule has 0 saturated carbocycles. The Labute approximate surface area is 102 Å². The summed E-state index contributed by atoms with van der Waals surface area (Å²) in [4.78, 5) is 25.1. The van der Waals surface area contributed by atoms with Crippen LogP contribution in [0.1, 0.15) is 11.3 Å². The first kappa shape index (κ1) is 12.0. The summed E-state index contributed by atoms with van der Waals surface area (Å²) in [5.41, 5.74) is 6.65. The van der Waals surface area contributed by atoms with Crippen molar-refractivity contribution in [3.8, 4) is 0 Å². The predicted octanol–water partition coefficient (Wildman–Crippen LogP) is -0.701. The molecular weight excluding hydrogens is 236 g/mol. The highest BCUT2D eigenvalue weighted by Crippen LogP contribution is 2.11. The zero-order valence-corrected chi connectivity index (χ0v) is 10.1. The molecule has 0 bridgehead atoms. The molecule has 2 aromatic rings. The van der Waals surface area contributed by atoms with Gasteiger partial charge in [-0.25, -0.2) is 4.79 Å². The number of H-pyrrole nitrogens is 2. The largest absolute Gasteiger partial charge is 0.383 e. The summed E-state index contributed by atoms with van der Waals surface area (Å²) in [6.45, 7) is 2.27. The van der Waals surface area contributed by atoms with E-state index in [1.807, 2.05) is 6.92 Å². The molecule has 8 heteroatoms. The van der Waals surface area contributed by atoms with Crippen LogP contribution >= 0.6 is 0 Å². The molecule has 8 nitrogen and oxygen atoms in total. The monoisotopic (exact) mass is 250 g/mol. The van der Waals surface area contributed by atoms with Crippen molar-refractivity contribution in [2.45, 2.75) is 13.5 Å². The average Bonchev–Trinajstić information content (AvgIpc) is 2.72. The van der Waals surface area contributed by atoms with Gasteiger partial charge in [-0.2, -0.15) is 5.10 Å². The standard InChI is InChI=1S/C10H14N6O2/c1-5-6(4-13-15-5)3-12-7-8(11)16(2)10(18)14-9(7)17/h4,12H,3,11H2,1-2H3,(H,13,15)(H,14,17,18). The second-order valence-corrected chi connectivity index (χ2v) is 3.95. The third-order valence-corrected chi connectivity index (χ3v) is 2.76. The van der Waals surface area contributed by atoms with Crippen molar-refractivity contribution in [2.75, 3.05) is 11.1 Å². The molecule has 0 radical (unpaired) electrons. The van der Waals surface area contributed by atoms with Crippen molar-refractivity contribution in [1.29, 1.82) is 0 Å². The molecule has 0 fully saturated rings. The number of hydrogen-bond donors (Lipinski definition) is 4. The summed E-state index contributed by atoms with van der Waals surface area (Å²) in [5.74, 6) is 0.102. The fraction of sp³-hybridized carbons (Fsp3) is 0.300. The van der Waals surface area contributed by atoms with E-state index < -0.39 is 11.2 Å². The number of nitrogens with one attached hydrogen (secondary N) is 3. The Morgan fingerprint density at radius 2 is 2.22 bits per heavy atom. The Bertz CT molecular complexity index is 680. The van der Waals surface area contributed by atoms with E-state index in [0.717, 1.165) is 11.3 Å². The Hall–Kier alpha value is -2.51. The van der Waals surface area contributed by atoms with E-state index >= 15 is 0 Å². The molecule has 96 valence electrons. The lowest BCUT2D eigenvalue weighted by atomic mass is 10.2. The van der Waals surface area contributed by atoms with Crippen LogP contribution in [0.15, 0.2) is 15.8 Å². The van der Waals surface area contributed by atoms with Crippen LogP contribution in [0.4, 0.5) is 11.5 Å². The molecule has 2 heterocycles. The van der Waals surface area contributed by atoms with Crippen molar-refractivity contribution in [1.82, 2.24) is 19.7 Å². The summed E-state index contributed by atoms with van der Waals surface area (Å²) in [6, 6.07) is 0. The summed E-state index contributed by atoms with van der Waals surface area (Å²) in [6.07, 6.45) is 1.66. The van der Waals surface area contributed by atoms with Crippen LogP contribution in [-0.2, 0) is 13.6 Å². The van der Waals surface area contributed by atoms with Gasteiger partial charge in [0.1, 0.15) is 11.5 Å². The zero-order valence-electron chi connectivity index (χ0n) is 10.1. The summed E-state index contributed by atoms with van der Waals surface area (Å²) in [7, 11) is 1.49. The van der Waals surface area contributed by atoms with E-state index in [-0.39, 0.29) is 11.5 Å². The number of anilines is 2. The second-order valence-electron chi connectivity index (χ2n) is 3.95. The fourth-order valence-corrected chi connectivity index (χ4v) is 1.55. The molecule has 0 unspecified atom stereocenters. The van der Waals surface area contributed by atoms with Crippen LogP contribution in [-0.4, -0.2) is 19.7 Å². The van der Waals surface area contributed by atoms with Gasteiger partial charge in [0.25, 0.3) is 5.56 Å². The van der Waals surface area contributed by atoms with Crippen molar-refractivity contribution in [2.24, 2.45) is 7.05 Å². The Morgan fingerprint density at radius 1 is 1.50 bits per heavy atom. The van der Waals surface area contributed by atoms with Gasteiger partial charge in [-0.3, -0.25) is 19.4 Å². The molecule has 0 aromatic carbocycles. The maximum atomic E-state index is 11.6. The minimum absolute atomic E-state index is 0.102. The van der Waals surface area contributed by atoms with Gasteiger partial charge < -0.3 is 11.1 Å². The van der Waals surface area contributed by atoms with Crippen LogP contribution < -0.4 is 22.3 Å². The second kappa shape index (κ2) is 4.40. The van der Waals surface area contributed by atoms with Crippen molar-refractivity contribution >= 4 is 11.5 Å².